The molecule has 0 radical (unpaired) electrons. The van der Waals surface area contributed by atoms with Crippen LogP contribution in [0.1, 0.15) is 5.56 Å². The molecule has 26 heavy (non-hydrogen) atoms. The number of nitrogens with one attached hydrogen (secondary N) is 1. The van der Waals surface area contributed by atoms with Crippen molar-refractivity contribution in [1.29, 1.82) is 0 Å². The molecule has 4 rings (SSSR count). The Morgan fingerprint density at radius 3 is 2.54 bits per heavy atom. The van der Waals surface area contributed by atoms with E-state index >= 15 is 0 Å². The van der Waals surface area contributed by atoms with Crippen molar-refractivity contribution in [3.05, 3.63) is 94.8 Å². The summed E-state index contributed by atoms with van der Waals surface area (Å²) in [5.41, 5.74) is 1.69. The molecule has 0 saturated heterocycles. The standard InChI is InChI=1S/C21H16N2O2S/c24-20-18-11-4-5-12-19(18)22-21(23-20)26-14-15-7-6-10-17(13-15)25-16-8-2-1-3-9-16/h1-13H,14H2,(H,22,23,24). The van der Waals surface area contributed by atoms with Crippen LogP contribution in [0, 0.1) is 0 Å². The minimum atomic E-state index is -0.112. The average Bonchev–Trinajstić information content (AvgIpc) is 2.68. The lowest BCUT2D eigenvalue weighted by atomic mass is 10.2. The molecule has 5 heteroatoms. The van der Waals surface area contributed by atoms with Crippen molar-refractivity contribution in [1.82, 2.24) is 9.97 Å². The highest BCUT2D eigenvalue weighted by Gasteiger charge is 2.05. The molecule has 1 N–H and O–H groups in total. The molecule has 3 aromatic carbocycles. The number of fused-ring (bicyclic) bond motifs is 1. The number of benzene rings is 3. The molecular formula is C21H16N2O2S. The molecule has 0 spiro atoms. The maximum Gasteiger partial charge on any atom is 0.259 e. The van der Waals surface area contributed by atoms with Gasteiger partial charge in [-0.3, -0.25) is 4.79 Å². The predicted molar refractivity (Wildman–Crippen MR) is 105 cm³/mol. The molecular weight excluding hydrogens is 344 g/mol. The largest absolute Gasteiger partial charge is 0.457 e. The van der Waals surface area contributed by atoms with Crippen molar-refractivity contribution in [2.45, 2.75) is 10.9 Å². The van der Waals surface area contributed by atoms with E-state index in [4.69, 9.17) is 4.74 Å². The van der Waals surface area contributed by atoms with Crippen molar-refractivity contribution in [3.8, 4) is 11.5 Å². The van der Waals surface area contributed by atoms with E-state index < -0.39 is 0 Å². The normalized spacial score (nSPS) is 10.8. The highest BCUT2D eigenvalue weighted by Crippen LogP contribution is 2.25. The minimum absolute atomic E-state index is 0.112. The first kappa shape index (κ1) is 16.4. The van der Waals surface area contributed by atoms with Crippen LogP contribution in [0.3, 0.4) is 0 Å². The number of aromatic amines is 1. The first-order chi connectivity index (χ1) is 12.8. The Kier molecular flexibility index (Phi) is 4.71. The van der Waals surface area contributed by atoms with Gasteiger partial charge in [0.15, 0.2) is 5.16 Å². The zero-order chi connectivity index (χ0) is 17.8. The second-order valence-electron chi connectivity index (χ2n) is 5.74. The lowest BCUT2D eigenvalue weighted by molar-refractivity contribution is 0.482. The van der Waals surface area contributed by atoms with Crippen LogP contribution in [0.2, 0.25) is 0 Å². The molecule has 0 aliphatic rings. The van der Waals surface area contributed by atoms with Crippen molar-refractivity contribution >= 4 is 22.7 Å². The summed E-state index contributed by atoms with van der Waals surface area (Å²) in [6, 6.07) is 25.0. The number of hydrogen-bond donors (Lipinski definition) is 1. The van der Waals surface area contributed by atoms with Gasteiger partial charge in [-0.25, -0.2) is 4.98 Å². The van der Waals surface area contributed by atoms with Gasteiger partial charge >= 0.3 is 0 Å². The molecule has 0 bridgehead atoms. The number of aromatic nitrogens is 2. The van der Waals surface area contributed by atoms with Crippen LogP contribution in [0.5, 0.6) is 11.5 Å². The van der Waals surface area contributed by atoms with E-state index in [-0.39, 0.29) is 5.56 Å². The van der Waals surface area contributed by atoms with Crippen LogP contribution in [0.25, 0.3) is 10.9 Å². The first-order valence-electron chi connectivity index (χ1n) is 8.22. The number of ether oxygens (including phenoxy) is 1. The second kappa shape index (κ2) is 7.45. The molecule has 0 fully saturated rings. The van der Waals surface area contributed by atoms with Crippen LogP contribution < -0.4 is 10.3 Å². The van der Waals surface area contributed by atoms with E-state index in [0.29, 0.717) is 21.8 Å². The molecule has 4 nitrogen and oxygen atoms in total. The number of hydrogen-bond acceptors (Lipinski definition) is 4. The molecule has 4 aromatic rings. The van der Waals surface area contributed by atoms with Crippen LogP contribution >= 0.6 is 11.8 Å². The first-order valence-corrected chi connectivity index (χ1v) is 9.20. The van der Waals surface area contributed by atoms with Crippen molar-refractivity contribution in [2.75, 3.05) is 0 Å². The number of H-pyrrole nitrogens is 1. The molecule has 1 aromatic heterocycles. The Balaban J connectivity index is 1.50. The number of nitrogens with zero attached hydrogens (tertiary/aromatic N) is 1. The van der Waals surface area contributed by atoms with Crippen molar-refractivity contribution < 1.29 is 4.74 Å². The fourth-order valence-electron chi connectivity index (χ4n) is 2.61. The summed E-state index contributed by atoms with van der Waals surface area (Å²) in [4.78, 5) is 19.5. The van der Waals surface area contributed by atoms with Gasteiger partial charge in [0.05, 0.1) is 10.9 Å². The fraction of sp³-hybridized carbons (Fsp3) is 0.0476. The molecule has 128 valence electrons. The summed E-state index contributed by atoms with van der Waals surface area (Å²) < 4.78 is 5.87. The summed E-state index contributed by atoms with van der Waals surface area (Å²) in [7, 11) is 0. The average molecular weight is 360 g/mol. The fourth-order valence-corrected chi connectivity index (χ4v) is 3.42. The van der Waals surface area contributed by atoms with Gasteiger partial charge in [-0.15, -0.1) is 0 Å². The maximum atomic E-state index is 12.1. The summed E-state index contributed by atoms with van der Waals surface area (Å²) in [6.07, 6.45) is 0. The van der Waals surface area contributed by atoms with E-state index in [2.05, 4.69) is 9.97 Å². The Hall–Kier alpha value is -3.05. The smallest absolute Gasteiger partial charge is 0.259 e. The molecule has 0 atom stereocenters. The Bertz CT molecular complexity index is 1090. The quantitative estimate of drug-likeness (QED) is 0.402. The summed E-state index contributed by atoms with van der Waals surface area (Å²) in [6.45, 7) is 0. The van der Waals surface area contributed by atoms with Crippen LogP contribution in [-0.2, 0) is 5.75 Å². The van der Waals surface area contributed by atoms with Crippen LogP contribution in [0.15, 0.2) is 88.8 Å². The molecule has 0 aliphatic carbocycles. The van der Waals surface area contributed by atoms with E-state index in [1.165, 1.54) is 11.8 Å². The molecule has 1 heterocycles. The Morgan fingerprint density at radius 1 is 0.885 bits per heavy atom. The van der Waals surface area contributed by atoms with Gasteiger partial charge in [0.1, 0.15) is 11.5 Å². The second-order valence-corrected chi connectivity index (χ2v) is 6.70. The molecule has 0 amide bonds. The van der Waals surface area contributed by atoms with E-state index in [0.717, 1.165) is 17.1 Å². The SMILES string of the molecule is O=c1[nH]c(SCc2cccc(Oc3ccccc3)c2)nc2ccccc12. The zero-order valence-electron chi connectivity index (χ0n) is 13.9. The molecule has 0 unspecified atom stereocenters. The van der Waals surface area contributed by atoms with Gasteiger partial charge in [0, 0.05) is 5.75 Å². The van der Waals surface area contributed by atoms with E-state index in [1.807, 2.05) is 72.8 Å². The lowest BCUT2D eigenvalue weighted by Crippen LogP contribution is -2.08. The highest BCUT2D eigenvalue weighted by molar-refractivity contribution is 7.98. The monoisotopic (exact) mass is 360 g/mol. The zero-order valence-corrected chi connectivity index (χ0v) is 14.7. The summed E-state index contributed by atoms with van der Waals surface area (Å²) in [5.74, 6) is 2.28. The lowest BCUT2D eigenvalue weighted by Gasteiger charge is -2.07. The van der Waals surface area contributed by atoms with Crippen LogP contribution in [-0.4, -0.2) is 9.97 Å². The van der Waals surface area contributed by atoms with Gasteiger partial charge in [-0.2, -0.15) is 0 Å². The summed E-state index contributed by atoms with van der Waals surface area (Å²) >= 11 is 1.50. The third kappa shape index (κ3) is 3.78. The van der Waals surface area contributed by atoms with Gasteiger partial charge in [0.25, 0.3) is 5.56 Å². The van der Waals surface area contributed by atoms with Crippen LogP contribution in [0.4, 0.5) is 0 Å². The van der Waals surface area contributed by atoms with Gasteiger partial charge in [0.2, 0.25) is 0 Å². The summed E-state index contributed by atoms with van der Waals surface area (Å²) in [5, 5.41) is 1.22. The predicted octanol–water partition coefficient (Wildman–Crippen LogP) is 5.01. The Labute approximate surface area is 154 Å². The van der Waals surface area contributed by atoms with Crippen molar-refractivity contribution in [2.24, 2.45) is 0 Å². The third-order valence-corrected chi connectivity index (χ3v) is 4.79. The number of para-hydroxylation sites is 2. The topological polar surface area (TPSA) is 55.0 Å². The maximum absolute atomic E-state index is 12.1. The van der Waals surface area contributed by atoms with E-state index in [9.17, 15) is 4.79 Å². The molecule has 0 saturated carbocycles. The van der Waals surface area contributed by atoms with Gasteiger partial charge in [-0.1, -0.05) is 54.2 Å². The minimum Gasteiger partial charge on any atom is -0.457 e. The molecule has 0 aliphatic heterocycles. The Morgan fingerprint density at radius 2 is 1.65 bits per heavy atom. The van der Waals surface area contributed by atoms with Crippen molar-refractivity contribution in [3.63, 3.8) is 0 Å². The number of thioether (sulfide) groups is 1. The highest BCUT2D eigenvalue weighted by atomic mass is 32.2. The van der Waals surface area contributed by atoms with E-state index in [1.54, 1.807) is 6.07 Å². The van der Waals surface area contributed by atoms with Gasteiger partial charge in [-0.05, 0) is 42.0 Å². The number of rotatable bonds is 5. The van der Waals surface area contributed by atoms with Gasteiger partial charge < -0.3 is 9.72 Å². The third-order valence-electron chi connectivity index (χ3n) is 3.84.